The fraction of sp³-hybridized carbons (Fsp3) is 0.0714. The van der Waals surface area contributed by atoms with E-state index in [9.17, 15) is 0 Å². The van der Waals surface area contributed by atoms with Crippen molar-refractivity contribution in [1.29, 1.82) is 0 Å². The Balaban J connectivity index is 2.05. The van der Waals surface area contributed by atoms with Crippen LogP contribution in [0.2, 0.25) is 5.15 Å². The Morgan fingerprint density at radius 1 is 1.16 bits per heavy atom. The first-order valence-corrected chi connectivity index (χ1v) is 6.21. The first-order valence-electron chi connectivity index (χ1n) is 5.83. The predicted octanol–water partition coefficient (Wildman–Crippen LogP) is 3.73. The molecular weight excluding hydrogens is 260 g/mol. The van der Waals surface area contributed by atoms with E-state index in [1.807, 2.05) is 37.4 Å². The maximum Gasteiger partial charge on any atom is 0.135 e. The third-order valence-electron chi connectivity index (χ3n) is 2.75. The summed E-state index contributed by atoms with van der Waals surface area (Å²) in [6.45, 7) is 1.81. The van der Waals surface area contributed by atoms with E-state index in [1.54, 1.807) is 12.3 Å². The predicted molar refractivity (Wildman–Crippen MR) is 76.8 cm³/mol. The van der Waals surface area contributed by atoms with Crippen molar-refractivity contribution in [3.8, 4) is 0 Å². The molecule has 0 aliphatic heterocycles. The highest BCUT2D eigenvalue weighted by atomic mass is 35.5. The number of aryl methyl sites for hydroxylation is 1. The molecule has 1 aromatic carbocycles. The molecule has 5 heteroatoms. The summed E-state index contributed by atoms with van der Waals surface area (Å²) in [6.07, 6.45) is 3.60. The first kappa shape index (κ1) is 11.9. The summed E-state index contributed by atoms with van der Waals surface area (Å²) in [7, 11) is 0. The maximum atomic E-state index is 5.93. The van der Waals surface area contributed by atoms with E-state index >= 15 is 0 Å². The third kappa shape index (κ3) is 2.48. The largest absolute Gasteiger partial charge is 0.340 e. The number of hydrogen-bond donors (Lipinski definition) is 1. The lowest BCUT2D eigenvalue weighted by molar-refractivity contribution is 1.06. The van der Waals surface area contributed by atoms with Crippen LogP contribution in [-0.4, -0.2) is 15.0 Å². The minimum atomic E-state index is 0.424. The van der Waals surface area contributed by atoms with Gasteiger partial charge in [-0.1, -0.05) is 23.7 Å². The molecule has 3 rings (SSSR count). The Hall–Kier alpha value is -2.20. The molecule has 3 aromatic rings. The number of fused-ring (bicyclic) bond motifs is 1. The molecule has 0 aliphatic carbocycles. The summed E-state index contributed by atoms with van der Waals surface area (Å²) in [6, 6.07) is 9.68. The molecule has 4 nitrogen and oxygen atoms in total. The zero-order chi connectivity index (χ0) is 13.2. The van der Waals surface area contributed by atoms with Crippen molar-refractivity contribution >= 4 is 33.9 Å². The van der Waals surface area contributed by atoms with Gasteiger partial charge >= 0.3 is 0 Å². The van der Waals surface area contributed by atoms with E-state index in [-0.39, 0.29) is 0 Å². The van der Waals surface area contributed by atoms with Crippen LogP contribution in [0.5, 0.6) is 0 Å². The number of anilines is 2. The second kappa shape index (κ2) is 4.82. The van der Waals surface area contributed by atoms with Gasteiger partial charge in [-0.05, 0) is 24.4 Å². The van der Waals surface area contributed by atoms with Gasteiger partial charge in [-0.25, -0.2) is 9.97 Å². The quantitative estimate of drug-likeness (QED) is 0.721. The van der Waals surface area contributed by atoms with Gasteiger partial charge in [0.15, 0.2) is 0 Å². The molecule has 19 heavy (non-hydrogen) atoms. The van der Waals surface area contributed by atoms with Gasteiger partial charge in [0, 0.05) is 29.5 Å². The summed E-state index contributed by atoms with van der Waals surface area (Å²) in [4.78, 5) is 12.5. The Morgan fingerprint density at radius 3 is 2.89 bits per heavy atom. The number of halogens is 1. The van der Waals surface area contributed by atoms with Crippen LogP contribution in [0.4, 0.5) is 11.5 Å². The van der Waals surface area contributed by atoms with Gasteiger partial charge in [0.25, 0.3) is 0 Å². The average molecular weight is 271 g/mol. The molecule has 1 N–H and O–H groups in total. The van der Waals surface area contributed by atoms with Gasteiger partial charge in [0.2, 0.25) is 0 Å². The van der Waals surface area contributed by atoms with Crippen LogP contribution in [0.25, 0.3) is 10.8 Å². The fourth-order valence-electron chi connectivity index (χ4n) is 1.96. The molecule has 2 aromatic heterocycles. The standard InChI is InChI=1S/C14H11ClN4/c1-9-17-13(15)7-14(18-9)19-12-4-2-3-10-5-6-16-8-11(10)12/h2-8H,1H3,(H,17,18,19). The minimum Gasteiger partial charge on any atom is -0.340 e. The monoisotopic (exact) mass is 270 g/mol. The van der Waals surface area contributed by atoms with E-state index in [0.29, 0.717) is 16.8 Å². The van der Waals surface area contributed by atoms with E-state index < -0.39 is 0 Å². The number of hydrogen-bond acceptors (Lipinski definition) is 4. The highest BCUT2D eigenvalue weighted by Gasteiger charge is 2.04. The van der Waals surface area contributed by atoms with Crippen LogP contribution in [-0.2, 0) is 0 Å². The van der Waals surface area contributed by atoms with Gasteiger partial charge in [0.05, 0.1) is 0 Å². The second-order valence-corrected chi connectivity index (χ2v) is 4.54. The molecule has 94 valence electrons. The van der Waals surface area contributed by atoms with Crippen LogP contribution < -0.4 is 5.32 Å². The summed E-state index contributed by atoms with van der Waals surface area (Å²) in [5.41, 5.74) is 0.944. The molecule has 0 atom stereocenters. The maximum absolute atomic E-state index is 5.93. The van der Waals surface area contributed by atoms with Crippen molar-refractivity contribution in [1.82, 2.24) is 15.0 Å². The smallest absolute Gasteiger partial charge is 0.135 e. The third-order valence-corrected chi connectivity index (χ3v) is 2.95. The number of nitrogens with one attached hydrogen (secondary N) is 1. The lowest BCUT2D eigenvalue weighted by Crippen LogP contribution is -1.98. The number of aromatic nitrogens is 3. The average Bonchev–Trinajstić information content (AvgIpc) is 2.38. The summed E-state index contributed by atoms with van der Waals surface area (Å²) in [5, 5.41) is 5.84. The fourth-order valence-corrected chi connectivity index (χ4v) is 2.18. The van der Waals surface area contributed by atoms with Gasteiger partial charge in [-0.3, -0.25) is 4.98 Å². The SMILES string of the molecule is Cc1nc(Cl)cc(Nc2cccc3ccncc23)n1. The Bertz CT molecular complexity index is 717. The summed E-state index contributed by atoms with van der Waals surface area (Å²) < 4.78 is 0. The van der Waals surface area contributed by atoms with E-state index in [0.717, 1.165) is 16.5 Å². The first-order chi connectivity index (χ1) is 9.22. The molecule has 0 fully saturated rings. The highest BCUT2D eigenvalue weighted by Crippen LogP contribution is 2.25. The highest BCUT2D eigenvalue weighted by molar-refractivity contribution is 6.29. The van der Waals surface area contributed by atoms with Gasteiger partial charge in [-0.2, -0.15) is 0 Å². The molecule has 0 saturated heterocycles. The Kier molecular flexibility index (Phi) is 3.01. The van der Waals surface area contributed by atoms with E-state index in [1.165, 1.54) is 0 Å². The molecular formula is C14H11ClN4. The van der Waals surface area contributed by atoms with E-state index in [4.69, 9.17) is 11.6 Å². The molecule has 0 unspecified atom stereocenters. The molecule has 0 amide bonds. The number of pyridine rings is 1. The van der Waals surface area contributed by atoms with Crippen LogP contribution in [0, 0.1) is 6.92 Å². The number of benzene rings is 1. The lowest BCUT2D eigenvalue weighted by atomic mass is 10.1. The lowest BCUT2D eigenvalue weighted by Gasteiger charge is -2.09. The number of nitrogens with zero attached hydrogens (tertiary/aromatic N) is 3. The Labute approximate surface area is 115 Å². The second-order valence-electron chi connectivity index (χ2n) is 4.15. The zero-order valence-corrected chi connectivity index (χ0v) is 11.0. The normalized spacial score (nSPS) is 10.6. The van der Waals surface area contributed by atoms with Crippen LogP contribution >= 0.6 is 11.6 Å². The summed E-state index contributed by atoms with van der Waals surface area (Å²) in [5.74, 6) is 1.31. The Morgan fingerprint density at radius 2 is 2.05 bits per heavy atom. The molecule has 0 bridgehead atoms. The molecule has 0 aliphatic rings. The van der Waals surface area contributed by atoms with Crippen molar-refractivity contribution in [3.63, 3.8) is 0 Å². The molecule has 2 heterocycles. The van der Waals surface area contributed by atoms with Crippen molar-refractivity contribution in [2.45, 2.75) is 6.92 Å². The van der Waals surface area contributed by atoms with E-state index in [2.05, 4.69) is 20.3 Å². The van der Waals surface area contributed by atoms with Crippen molar-refractivity contribution in [3.05, 3.63) is 53.7 Å². The topological polar surface area (TPSA) is 50.7 Å². The van der Waals surface area contributed by atoms with Gasteiger partial charge in [0.1, 0.15) is 16.8 Å². The molecule has 0 spiro atoms. The van der Waals surface area contributed by atoms with Gasteiger partial charge in [-0.15, -0.1) is 0 Å². The molecule has 0 radical (unpaired) electrons. The van der Waals surface area contributed by atoms with Crippen molar-refractivity contribution in [2.75, 3.05) is 5.32 Å². The number of rotatable bonds is 2. The molecule has 0 saturated carbocycles. The van der Waals surface area contributed by atoms with Crippen LogP contribution in [0.1, 0.15) is 5.82 Å². The van der Waals surface area contributed by atoms with Crippen molar-refractivity contribution < 1.29 is 0 Å². The zero-order valence-electron chi connectivity index (χ0n) is 10.3. The van der Waals surface area contributed by atoms with Gasteiger partial charge < -0.3 is 5.32 Å². The van der Waals surface area contributed by atoms with Crippen LogP contribution in [0.3, 0.4) is 0 Å². The summed E-state index contributed by atoms with van der Waals surface area (Å²) >= 11 is 5.93. The van der Waals surface area contributed by atoms with Crippen molar-refractivity contribution in [2.24, 2.45) is 0 Å². The van der Waals surface area contributed by atoms with Crippen LogP contribution in [0.15, 0.2) is 42.7 Å². The minimum absolute atomic E-state index is 0.424.